The minimum absolute atomic E-state index is 0.0238. The lowest BCUT2D eigenvalue weighted by molar-refractivity contribution is 0.0430. The van der Waals surface area contributed by atoms with E-state index in [0.717, 1.165) is 33.7 Å². The highest BCUT2D eigenvalue weighted by atomic mass is 35.5. The van der Waals surface area contributed by atoms with Crippen LogP contribution in [0.15, 0.2) is 30.5 Å². The van der Waals surface area contributed by atoms with Crippen LogP contribution in [0.25, 0.3) is 10.9 Å². The number of aromatic nitrogens is 3. The third-order valence-electron chi connectivity index (χ3n) is 6.57. The average Bonchev–Trinajstić information content (AvgIpc) is 3.48. The molecule has 2 aliphatic heterocycles. The quantitative estimate of drug-likeness (QED) is 0.492. The first-order chi connectivity index (χ1) is 15.9. The van der Waals surface area contributed by atoms with E-state index < -0.39 is 10.2 Å². The normalized spacial score (nSPS) is 24.3. The lowest BCUT2D eigenvalue weighted by Crippen LogP contribution is -2.50. The number of halogens is 1. The van der Waals surface area contributed by atoms with Crippen LogP contribution in [0, 0.1) is 5.92 Å². The van der Waals surface area contributed by atoms with Crippen molar-refractivity contribution in [3.8, 4) is 0 Å². The Hall–Kier alpha value is -1.60. The molecule has 5 rings (SSSR count). The number of para-hydroxylation sites is 1. The zero-order chi connectivity index (χ0) is 23.0. The van der Waals surface area contributed by atoms with Crippen LogP contribution in [-0.4, -0.2) is 71.4 Å². The number of piperazine rings is 1. The highest BCUT2D eigenvalue weighted by molar-refractivity contribution is 7.86. The number of fused-ring (bicyclic) bond motifs is 1. The minimum Gasteiger partial charge on any atom is -0.381 e. The van der Waals surface area contributed by atoms with Crippen molar-refractivity contribution in [2.45, 2.75) is 24.3 Å². The summed E-state index contributed by atoms with van der Waals surface area (Å²) in [6.45, 7) is 3.88. The number of nitrogens with one attached hydrogen (secondary N) is 1. The molecular formula is C21H27ClN6O3S2. The van der Waals surface area contributed by atoms with E-state index in [0.29, 0.717) is 45.9 Å². The second-order valence-electron chi connectivity index (χ2n) is 8.59. The van der Waals surface area contributed by atoms with Gasteiger partial charge in [0.2, 0.25) is 0 Å². The largest absolute Gasteiger partial charge is 0.381 e. The van der Waals surface area contributed by atoms with Gasteiger partial charge >= 0.3 is 0 Å². The standard InChI is InChI=1S/C21H27ClN6O3S2/c22-19(16-3-1-2-14-4-6-24-20(14)16)15-5-11-31-13-17(15)21-25-18(32-26-21)12-27-7-9-28(10-8-27)33(23,29)30/h1-4,6,15,17,19,24H,5,7-13H2,(H2,23,29,30). The topological polar surface area (TPSA) is 117 Å². The summed E-state index contributed by atoms with van der Waals surface area (Å²) in [6, 6.07) is 8.27. The van der Waals surface area contributed by atoms with Gasteiger partial charge in [0, 0.05) is 44.9 Å². The third-order valence-corrected chi connectivity index (χ3v) is 8.92. The van der Waals surface area contributed by atoms with Crippen molar-refractivity contribution in [2.75, 3.05) is 39.4 Å². The Labute approximate surface area is 202 Å². The highest BCUT2D eigenvalue weighted by Gasteiger charge is 2.36. The van der Waals surface area contributed by atoms with Gasteiger partial charge in [-0.05, 0) is 40.9 Å². The first kappa shape index (κ1) is 23.2. The molecule has 178 valence electrons. The number of alkyl halides is 1. The number of hydrogen-bond acceptors (Lipinski definition) is 7. The van der Waals surface area contributed by atoms with Crippen LogP contribution >= 0.6 is 23.1 Å². The zero-order valence-corrected chi connectivity index (χ0v) is 20.4. The molecule has 12 heteroatoms. The maximum Gasteiger partial charge on any atom is 0.276 e. The van der Waals surface area contributed by atoms with E-state index in [4.69, 9.17) is 26.5 Å². The fourth-order valence-corrected chi connectivity index (χ4v) is 6.66. The molecule has 33 heavy (non-hydrogen) atoms. The molecule has 0 bridgehead atoms. The molecule has 4 heterocycles. The van der Waals surface area contributed by atoms with Gasteiger partial charge in [0.05, 0.1) is 24.0 Å². The van der Waals surface area contributed by atoms with E-state index in [1.54, 1.807) is 0 Å². The van der Waals surface area contributed by atoms with E-state index in [1.807, 2.05) is 12.3 Å². The Kier molecular flexibility index (Phi) is 6.72. The second-order valence-corrected chi connectivity index (χ2v) is 11.4. The summed E-state index contributed by atoms with van der Waals surface area (Å²) in [5, 5.41) is 7.12. The number of aromatic amines is 1. The van der Waals surface area contributed by atoms with E-state index in [-0.39, 0.29) is 17.2 Å². The third kappa shape index (κ3) is 4.95. The number of ether oxygens (including phenoxy) is 1. The number of nitrogens with two attached hydrogens (primary N) is 1. The summed E-state index contributed by atoms with van der Waals surface area (Å²) >= 11 is 8.47. The molecule has 0 spiro atoms. The van der Waals surface area contributed by atoms with E-state index >= 15 is 0 Å². The van der Waals surface area contributed by atoms with Crippen molar-refractivity contribution in [1.82, 2.24) is 23.5 Å². The molecule has 0 saturated carbocycles. The minimum atomic E-state index is -3.63. The van der Waals surface area contributed by atoms with Gasteiger partial charge in [0.15, 0.2) is 0 Å². The van der Waals surface area contributed by atoms with Crippen LogP contribution in [0.5, 0.6) is 0 Å². The summed E-state index contributed by atoms with van der Waals surface area (Å²) in [5.74, 6) is 0.970. The van der Waals surface area contributed by atoms with Crippen LogP contribution in [0.2, 0.25) is 0 Å². The lowest BCUT2D eigenvalue weighted by atomic mass is 9.82. The van der Waals surface area contributed by atoms with Crippen molar-refractivity contribution in [3.05, 3.63) is 46.9 Å². The molecular weight excluding hydrogens is 484 g/mol. The predicted molar refractivity (Wildman–Crippen MR) is 128 cm³/mol. The molecule has 3 unspecified atom stereocenters. The molecule has 0 aliphatic carbocycles. The van der Waals surface area contributed by atoms with Crippen molar-refractivity contribution in [2.24, 2.45) is 11.1 Å². The van der Waals surface area contributed by atoms with Crippen LogP contribution in [0.4, 0.5) is 0 Å². The summed E-state index contributed by atoms with van der Waals surface area (Å²) in [7, 11) is -3.63. The Balaban J connectivity index is 1.29. The van der Waals surface area contributed by atoms with Crippen molar-refractivity contribution < 1.29 is 13.2 Å². The molecule has 2 aromatic heterocycles. The van der Waals surface area contributed by atoms with Gasteiger partial charge in [-0.3, -0.25) is 4.90 Å². The smallest absolute Gasteiger partial charge is 0.276 e. The number of benzene rings is 1. The maximum absolute atomic E-state index is 11.5. The number of H-pyrrole nitrogens is 1. The fraction of sp³-hybridized carbons (Fsp3) is 0.524. The number of hydrogen-bond donors (Lipinski definition) is 2. The van der Waals surface area contributed by atoms with E-state index in [2.05, 4.69) is 32.5 Å². The van der Waals surface area contributed by atoms with Gasteiger partial charge in [-0.15, -0.1) is 11.6 Å². The maximum atomic E-state index is 11.5. The molecule has 9 nitrogen and oxygen atoms in total. The molecule has 0 radical (unpaired) electrons. The van der Waals surface area contributed by atoms with Gasteiger partial charge in [-0.2, -0.15) is 17.1 Å². The van der Waals surface area contributed by atoms with Gasteiger partial charge in [-0.1, -0.05) is 18.2 Å². The van der Waals surface area contributed by atoms with Gasteiger partial charge in [-0.25, -0.2) is 10.1 Å². The molecule has 2 saturated heterocycles. The van der Waals surface area contributed by atoms with Crippen molar-refractivity contribution in [1.29, 1.82) is 0 Å². The SMILES string of the molecule is NS(=O)(=O)N1CCN(Cc2nc(C3COCCC3C(Cl)c3cccc4cc[nH]c34)ns2)CC1. The number of nitrogens with zero attached hydrogens (tertiary/aromatic N) is 4. The van der Waals surface area contributed by atoms with Crippen molar-refractivity contribution >= 4 is 44.2 Å². The second kappa shape index (κ2) is 9.57. The monoisotopic (exact) mass is 510 g/mol. The highest BCUT2D eigenvalue weighted by Crippen LogP contribution is 2.44. The van der Waals surface area contributed by atoms with Crippen LogP contribution < -0.4 is 5.14 Å². The Morgan fingerprint density at radius 2 is 2.09 bits per heavy atom. The summed E-state index contributed by atoms with van der Waals surface area (Å²) in [6.07, 6.45) is 2.79. The molecule has 2 aliphatic rings. The summed E-state index contributed by atoms with van der Waals surface area (Å²) in [5.41, 5.74) is 2.17. The van der Waals surface area contributed by atoms with Gasteiger partial charge in [0.1, 0.15) is 10.8 Å². The van der Waals surface area contributed by atoms with Gasteiger partial charge < -0.3 is 9.72 Å². The molecule has 2 fully saturated rings. The van der Waals surface area contributed by atoms with Crippen LogP contribution in [0.3, 0.4) is 0 Å². The van der Waals surface area contributed by atoms with E-state index in [1.165, 1.54) is 15.8 Å². The Morgan fingerprint density at radius 1 is 1.27 bits per heavy atom. The van der Waals surface area contributed by atoms with E-state index in [9.17, 15) is 8.42 Å². The first-order valence-corrected chi connectivity index (χ1v) is 13.7. The summed E-state index contributed by atoms with van der Waals surface area (Å²) in [4.78, 5) is 10.3. The molecule has 3 atom stereocenters. The Bertz CT molecular complexity index is 1210. The molecule has 3 N–H and O–H groups in total. The summed E-state index contributed by atoms with van der Waals surface area (Å²) < 4.78 is 34.8. The molecule has 3 aromatic rings. The molecule has 0 amide bonds. The predicted octanol–water partition coefficient (Wildman–Crippen LogP) is 2.44. The Morgan fingerprint density at radius 3 is 2.88 bits per heavy atom. The average molecular weight is 511 g/mol. The van der Waals surface area contributed by atoms with Crippen LogP contribution in [0.1, 0.15) is 34.1 Å². The fourth-order valence-electron chi connectivity index (χ4n) is 4.76. The zero-order valence-electron chi connectivity index (χ0n) is 18.1. The van der Waals surface area contributed by atoms with Crippen LogP contribution in [-0.2, 0) is 21.5 Å². The molecule has 1 aromatic carbocycles. The number of rotatable bonds is 6. The lowest BCUT2D eigenvalue weighted by Gasteiger charge is -2.33. The van der Waals surface area contributed by atoms with Gasteiger partial charge in [0.25, 0.3) is 10.2 Å². The first-order valence-electron chi connectivity index (χ1n) is 11.0. The van der Waals surface area contributed by atoms with Crippen molar-refractivity contribution in [3.63, 3.8) is 0 Å².